The third-order valence-electron chi connectivity index (χ3n) is 8.11. The quantitative estimate of drug-likeness (QED) is 0.0630. The first kappa shape index (κ1) is 47.9. The number of Topliss-reactive ketones (excluding diaryl/α,β-unsaturated/α-hetero) is 2. The van der Waals surface area contributed by atoms with Crippen molar-refractivity contribution in [3.8, 4) is 0 Å². The SMILES string of the molecule is CC(=O)C(N=Nc1cc(Cl)cc(C(=O)Nc2cccc(Cl)c2Cl)c1)C(=O)Nc1cc(Cl)c(NC(=O)C(N=Nc2cc(Cl)cc(C(=O)Nc3cccc(Cl)c3Cl)c2)C(C)=O)cc1Cl. The summed E-state index contributed by atoms with van der Waals surface area (Å²) < 4.78 is 0. The third-order valence-corrected chi connectivity index (χ3v) is 10.8. The van der Waals surface area contributed by atoms with E-state index in [1.54, 1.807) is 36.4 Å². The molecule has 5 rings (SSSR count). The van der Waals surface area contributed by atoms with Crippen molar-refractivity contribution in [1.82, 2.24) is 0 Å². The molecule has 14 nitrogen and oxygen atoms in total. The molecule has 0 aliphatic carbocycles. The zero-order valence-corrected chi connectivity index (χ0v) is 37.5. The number of nitrogens with one attached hydrogen (secondary N) is 4. The summed E-state index contributed by atoms with van der Waals surface area (Å²) in [4.78, 5) is 77.6. The average molecular weight is 998 g/mol. The lowest BCUT2D eigenvalue weighted by Crippen LogP contribution is -2.32. The molecule has 5 aromatic carbocycles. The Balaban J connectivity index is 1.27. The van der Waals surface area contributed by atoms with Crippen molar-refractivity contribution in [3.63, 3.8) is 0 Å². The van der Waals surface area contributed by atoms with Gasteiger partial charge in [0.25, 0.3) is 23.6 Å². The maximum atomic E-state index is 13.3. The summed E-state index contributed by atoms with van der Waals surface area (Å²) in [5.41, 5.74) is 0.495. The second-order valence-electron chi connectivity index (χ2n) is 12.8. The van der Waals surface area contributed by atoms with Crippen LogP contribution in [0.4, 0.5) is 34.1 Å². The highest BCUT2D eigenvalue weighted by atomic mass is 35.5. The van der Waals surface area contributed by atoms with Gasteiger partial charge in [0.2, 0.25) is 12.1 Å². The fourth-order valence-corrected chi connectivity index (χ4v) is 6.72. The largest absolute Gasteiger partial charge is 0.322 e. The second kappa shape index (κ2) is 21.3. The van der Waals surface area contributed by atoms with E-state index in [4.69, 9.17) is 92.8 Å². The van der Waals surface area contributed by atoms with Crippen LogP contribution in [0.1, 0.15) is 34.6 Å². The van der Waals surface area contributed by atoms with Crippen LogP contribution in [0.25, 0.3) is 0 Å². The summed E-state index contributed by atoms with van der Waals surface area (Å²) in [5.74, 6) is -4.57. The van der Waals surface area contributed by atoms with Crippen molar-refractivity contribution in [3.05, 3.63) is 136 Å². The Morgan fingerprint density at radius 2 is 0.823 bits per heavy atom. The molecule has 0 spiro atoms. The van der Waals surface area contributed by atoms with Crippen molar-refractivity contribution in [2.24, 2.45) is 20.5 Å². The van der Waals surface area contributed by atoms with Crippen molar-refractivity contribution in [1.29, 1.82) is 0 Å². The Bertz CT molecular complexity index is 2530. The van der Waals surface area contributed by atoms with Gasteiger partial charge in [-0.25, -0.2) is 0 Å². The molecule has 4 N–H and O–H groups in total. The lowest BCUT2D eigenvalue weighted by molar-refractivity contribution is -0.127. The van der Waals surface area contributed by atoms with E-state index in [0.717, 1.165) is 13.8 Å². The van der Waals surface area contributed by atoms with Gasteiger partial charge in [0.15, 0.2) is 11.6 Å². The molecule has 4 amide bonds. The van der Waals surface area contributed by atoms with Crippen molar-refractivity contribution >= 4 is 162 Å². The number of carbonyl (C=O) groups is 6. The highest BCUT2D eigenvalue weighted by Crippen LogP contribution is 2.35. The third kappa shape index (κ3) is 12.5. The molecule has 5 aromatic rings. The Morgan fingerprint density at radius 3 is 1.18 bits per heavy atom. The number of benzene rings is 5. The van der Waals surface area contributed by atoms with Crippen molar-refractivity contribution < 1.29 is 28.8 Å². The number of rotatable bonds is 14. The highest BCUT2D eigenvalue weighted by Gasteiger charge is 2.27. The minimum absolute atomic E-state index is 0.0314. The lowest BCUT2D eigenvalue weighted by Gasteiger charge is -2.15. The van der Waals surface area contributed by atoms with Gasteiger partial charge in [-0.1, -0.05) is 105 Å². The van der Waals surface area contributed by atoms with Crippen LogP contribution in [0.3, 0.4) is 0 Å². The molecule has 318 valence electrons. The van der Waals surface area contributed by atoms with Crippen LogP contribution in [0.5, 0.6) is 0 Å². The molecule has 0 saturated heterocycles. The predicted octanol–water partition coefficient (Wildman–Crippen LogP) is 12.8. The molecule has 0 aliphatic heterocycles. The summed E-state index contributed by atoms with van der Waals surface area (Å²) in [6.45, 7) is 2.21. The van der Waals surface area contributed by atoms with Crippen molar-refractivity contribution in [2.45, 2.75) is 25.9 Å². The Kier molecular flexibility index (Phi) is 16.4. The van der Waals surface area contributed by atoms with Crippen LogP contribution in [0, 0.1) is 0 Å². The fraction of sp³-hybridized carbons (Fsp3) is 0.100. The molecule has 22 heteroatoms. The number of amides is 4. The van der Waals surface area contributed by atoms with Gasteiger partial charge in [0.05, 0.1) is 64.3 Å². The molecular formula is C40H26Cl8N8O6. The van der Waals surface area contributed by atoms with Crippen LogP contribution in [-0.2, 0) is 19.2 Å². The lowest BCUT2D eigenvalue weighted by atomic mass is 10.1. The molecule has 0 bridgehead atoms. The van der Waals surface area contributed by atoms with Gasteiger partial charge in [-0.3, -0.25) is 28.8 Å². The normalized spacial score (nSPS) is 12.2. The van der Waals surface area contributed by atoms with Crippen LogP contribution >= 0.6 is 92.8 Å². The van der Waals surface area contributed by atoms with E-state index in [1.165, 1.54) is 48.5 Å². The Labute approximate surface area is 392 Å². The predicted molar refractivity (Wildman–Crippen MR) is 243 cm³/mol. The monoisotopic (exact) mass is 994 g/mol. The molecule has 0 radical (unpaired) electrons. The molecule has 62 heavy (non-hydrogen) atoms. The number of halogens is 8. The molecular weight excluding hydrogens is 972 g/mol. The van der Waals surface area contributed by atoms with Gasteiger partial charge >= 0.3 is 0 Å². The number of ketones is 2. The van der Waals surface area contributed by atoms with Crippen LogP contribution in [0.15, 0.2) is 105 Å². The first-order valence-electron chi connectivity index (χ1n) is 17.4. The maximum Gasteiger partial charge on any atom is 0.258 e. The van der Waals surface area contributed by atoms with E-state index in [1.807, 2.05) is 0 Å². The van der Waals surface area contributed by atoms with Gasteiger partial charge in [-0.05, 0) is 86.6 Å². The topological polar surface area (TPSA) is 200 Å². The smallest absolute Gasteiger partial charge is 0.258 e. The summed E-state index contributed by atoms with van der Waals surface area (Å²) >= 11 is 49.7. The van der Waals surface area contributed by atoms with Gasteiger partial charge in [-0.2, -0.15) is 20.5 Å². The first-order valence-corrected chi connectivity index (χ1v) is 20.4. The number of azo groups is 2. The summed E-state index contributed by atoms with van der Waals surface area (Å²) in [5, 5.41) is 26.4. The second-order valence-corrected chi connectivity index (χ2v) is 16.0. The van der Waals surface area contributed by atoms with E-state index >= 15 is 0 Å². The molecule has 0 aliphatic rings. The van der Waals surface area contributed by atoms with Gasteiger partial charge in [0, 0.05) is 21.2 Å². The van der Waals surface area contributed by atoms with Gasteiger partial charge in [0.1, 0.15) is 0 Å². The van der Waals surface area contributed by atoms with Crippen molar-refractivity contribution in [2.75, 3.05) is 21.3 Å². The number of carbonyl (C=O) groups excluding carboxylic acids is 6. The van der Waals surface area contributed by atoms with Crippen LogP contribution < -0.4 is 21.3 Å². The van der Waals surface area contributed by atoms with E-state index in [0.29, 0.717) is 0 Å². The molecule has 0 heterocycles. The zero-order chi connectivity index (χ0) is 45.4. The zero-order valence-electron chi connectivity index (χ0n) is 31.5. The minimum Gasteiger partial charge on any atom is -0.322 e. The standard InChI is InChI=1S/C40H26Cl8N8O6/c1-17(57)35(55-53-23-11-19(9-21(41)13-23)37(59)49-29-7-3-5-25(43)33(29)47)39(61)51-31-15-28(46)32(16-27(31)45)52-40(62)36(18(2)58)56-54-24-12-20(10-22(42)14-24)38(60)50-30-8-4-6-26(44)34(30)48/h3-16,35-36H,1-2H3,(H,49,59)(H,50,60)(H,51,61)(H,52,62). The number of hydrogen-bond acceptors (Lipinski definition) is 10. The van der Waals surface area contributed by atoms with Crippen LogP contribution in [-0.4, -0.2) is 47.3 Å². The fourth-order valence-electron chi connectivity index (χ4n) is 5.14. The maximum absolute atomic E-state index is 13.3. The molecule has 0 aromatic heterocycles. The summed E-state index contributed by atoms with van der Waals surface area (Å²) in [6.07, 6.45) is 0. The summed E-state index contributed by atoms with van der Waals surface area (Å²) in [6, 6.07) is 16.4. The molecule has 0 saturated carbocycles. The van der Waals surface area contributed by atoms with E-state index < -0.39 is 47.3 Å². The number of anilines is 4. The summed E-state index contributed by atoms with van der Waals surface area (Å²) in [7, 11) is 0. The highest BCUT2D eigenvalue weighted by molar-refractivity contribution is 6.45. The van der Waals surface area contributed by atoms with E-state index in [2.05, 4.69) is 41.7 Å². The first-order chi connectivity index (χ1) is 29.3. The van der Waals surface area contributed by atoms with Gasteiger partial charge in [-0.15, -0.1) is 0 Å². The molecule has 2 atom stereocenters. The minimum atomic E-state index is -1.70. The molecule has 2 unspecified atom stereocenters. The Morgan fingerprint density at radius 1 is 0.452 bits per heavy atom. The molecule has 0 fully saturated rings. The number of nitrogens with zero attached hydrogens (tertiary/aromatic N) is 4. The number of hydrogen-bond donors (Lipinski definition) is 4. The van der Waals surface area contributed by atoms with E-state index in [-0.39, 0.29) is 85.4 Å². The Hall–Kier alpha value is -5.16. The van der Waals surface area contributed by atoms with E-state index in [9.17, 15) is 28.8 Å². The average Bonchev–Trinajstić information content (AvgIpc) is 3.19. The van der Waals surface area contributed by atoms with Crippen LogP contribution in [0.2, 0.25) is 40.2 Å². The van der Waals surface area contributed by atoms with Gasteiger partial charge < -0.3 is 21.3 Å².